The predicted molar refractivity (Wildman–Crippen MR) is 119 cm³/mol. The number of para-hydroxylation sites is 1. The van der Waals surface area contributed by atoms with Crippen molar-refractivity contribution in [1.82, 2.24) is 0 Å². The number of carbonyl (C=O) groups excluding carboxylic acids is 1. The molecule has 5 heteroatoms. The lowest BCUT2D eigenvalue weighted by molar-refractivity contribution is 0.104. The van der Waals surface area contributed by atoms with Crippen molar-refractivity contribution in [2.75, 3.05) is 0 Å². The summed E-state index contributed by atoms with van der Waals surface area (Å²) in [5, 5.41) is 0. The highest BCUT2D eigenvalue weighted by molar-refractivity contribution is 7.87. The SMILES string of the molecule is Cc1ccc(S(=O)(=O)Oc2ccccc2C(=O)/C=C/c2ccc(C(C)C)cc2)cc1. The number of hydrogen-bond acceptors (Lipinski definition) is 4. The first kappa shape index (κ1) is 21.5. The second-order valence-corrected chi connectivity index (χ2v) is 8.91. The molecular weight excluding hydrogens is 396 g/mol. The number of hydrogen-bond donors (Lipinski definition) is 0. The number of allylic oxidation sites excluding steroid dienone is 1. The van der Waals surface area contributed by atoms with Crippen molar-refractivity contribution in [1.29, 1.82) is 0 Å². The van der Waals surface area contributed by atoms with E-state index in [4.69, 9.17) is 4.18 Å². The van der Waals surface area contributed by atoms with Crippen molar-refractivity contribution >= 4 is 22.0 Å². The van der Waals surface area contributed by atoms with Gasteiger partial charge in [-0.2, -0.15) is 8.42 Å². The fourth-order valence-corrected chi connectivity index (χ4v) is 3.82. The van der Waals surface area contributed by atoms with E-state index >= 15 is 0 Å². The Bertz CT molecular complexity index is 1160. The average molecular weight is 421 g/mol. The zero-order valence-corrected chi connectivity index (χ0v) is 18.0. The van der Waals surface area contributed by atoms with E-state index in [0.29, 0.717) is 5.92 Å². The van der Waals surface area contributed by atoms with E-state index < -0.39 is 10.1 Å². The van der Waals surface area contributed by atoms with Gasteiger partial charge in [-0.25, -0.2) is 0 Å². The highest BCUT2D eigenvalue weighted by Crippen LogP contribution is 2.24. The highest BCUT2D eigenvalue weighted by atomic mass is 32.2. The molecule has 0 fully saturated rings. The number of carbonyl (C=O) groups is 1. The van der Waals surface area contributed by atoms with Crippen molar-refractivity contribution in [2.45, 2.75) is 31.6 Å². The maximum atomic E-state index is 12.7. The van der Waals surface area contributed by atoms with Gasteiger partial charge in [0.15, 0.2) is 11.5 Å². The van der Waals surface area contributed by atoms with Crippen LogP contribution >= 0.6 is 0 Å². The Labute approximate surface area is 178 Å². The molecule has 0 aliphatic heterocycles. The second-order valence-electron chi connectivity index (χ2n) is 7.37. The summed E-state index contributed by atoms with van der Waals surface area (Å²) in [6.45, 7) is 6.11. The molecule has 3 aromatic rings. The lowest BCUT2D eigenvalue weighted by Gasteiger charge is -2.10. The number of rotatable bonds is 7. The summed E-state index contributed by atoms with van der Waals surface area (Å²) in [4.78, 5) is 12.8. The van der Waals surface area contributed by atoms with Crippen LogP contribution in [-0.2, 0) is 10.1 Å². The van der Waals surface area contributed by atoms with Crippen molar-refractivity contribution in [2.24, 2.45) is 0 Å². The van der Waals surface area contributed by atoms with Gasteiger partial charge in [-0.05, 0) is 54.3 Å². The van der Waals surface area contributed by atoms with E-state index in [1.54, 1.807) is 36.4 Å². The van der Waals surface area contributed by atoms with Crippen molar-refractivity contribution < 1.29 is 17.4 Å². The first-order valence-electron chi connectivity index (χ1n) is 9.69. The van der Waals surface area contributed by atoms with E-state index in [1.807, 2.05) is 31.2 Å². The molecule has 0 saturated carbocycles. The Morgan fingerprint density at radius 1 is 0.900 bits per heavy atom. The van der Waals surface area contributed by atoms with E-state index in [0.717, 1.165) is 11.1 Å². The smallest absolute Gasteiger partial charge is 0.339 e. The topological polar surface area (TPSA) is 60.4 Å². The zero-order valence-electron chi connectivity index (χ0n) is 17.2. The Kier molecular flexibility index (Phi) is 6.53. The molecule has 0 aromatic heterocycles. The second kappa shape index (κ2) is 9.09. The third-order valence-corrected chi connectivity index (χ3v) is 5.94. The number of aryl methyl sites for hydroxylation is 1. The molecular formula is C25H24O4S. The van der Waals surface area contributed by atoms with Crippen molar-refractivity contribution in [3.05, 3.63) is 101 Å². The van der Waals surface area contributed by atoms with E-state index in [2.05, 4.69) is 13.8 Å². The predicted octanol–water partition coefficient (Wildman–Crippen LogP) is 5.78. The highest BCUT2D eigenvalue weighted by Gasteiger charge is 2.20. The standard InChI is InChI=1S/C25H24O4S/c1-18(2)21-13-10-20(11-14-21)12-17-24(26)23-6-4-5-7-25(23)29-30(27,28)22-15-8-19(3)9-16-22/h4-18H,1-3H3/b17-12+. The fraction of sp³-hybridized carbons (Fsp3) is 0.160. The fourth-order valence-electron chi connectivity index (χ4n) is 2.87. The van der Waals surface area contributed by atoms with E-state index in [-0.39, 0.29) is 22.0 Å². The van der Waals surface area contributed by atoms with Crippen LogP contribution in [-0.4, -0.2) is 14.2 Å². The van der Waals surface area contributed by atoms with Gasteiger partial charge in [0.05, 0.1) is 5.56 Å². The molecule has 0 saturated heterocycles. The van der Waals surface area contributed by atoms with Crippen LogP contribution < -0.4 is 4.18 Å². The molecule has 0 aliphatic carbocycles. The Morgan fingerprint density at radius 2 is 1.53 bits per heavy atom. The van der Waals surface area contributed by atoms with Gasteiger partial charge in [0.25, 0.3) is 0 Å². The first-order chi connectivity index (χ1) is 14.3. The summed E-state index contributed by atoms with van der Waals surface area (Å²) in [5.74, 6) is 0.102. The van der Waals surface area contributed by atoms with E-state index in [1.165, 1.54) is 29.8 Å². The van der Waals surface area contributed by atoms with Crippen LogP contribution in [0.15, 0.2) is 83.8 Å². The summed E-state index contributed by atoms with van der Waals surface area (Å²) in [6, 6.07) is 20.6. The molecule has 0 amide bonds. The van der Waals surface area contributed by atoms with Gasteiger partial charge in [-0.15, -0.1) is 0 Å². The van der Waals surface area contributed by atoms with Gasteiger partial charge in [-0.3, -0.25) is 4.79 Å². The normalized spacial score (nSPS) is 11.7. The summed E-state index contributed by atoms with van der Waals surface area (Å²) < 4.78 is 30.5. The van der Waals surface area contributed by atoms with Gasteiger partial charge < -0.3 is 4.18 Å². The molecule has 0 aliphatic rings. The molecule has 30 heavy (non-hydrogen) atoms. The Hall–Kier alpha value is -3.18. The van der Waals surface area contributed by atoms with Crippen LogP contribution in [0.25, 0.3) is 6.08 Å². The lowest BCUT2D eigenvalue weighted by Crippen LogP contribution is -2.12. The molecule has 154 valence electrons. The molecule has 0 spiro atoms. The van der Waals surface area contributed by atoms with Crippen LogP contribution in [0, 0.1) is 6.92 Å². The molecule has 0 bridgehead atoms. The molecule has 4 nitrogen and oxygen atoms in total. The molecule has 0 N–H and O–H groups in total. The quantitative estimate of drug-likeness (QED) is 0.276. The summed E-state index contributed by atoms with van der Waals surface area (Å²) in [5.41, 5.74) is 3.23. The van der Waals surface area contributed by atoms with Gasteiger partial charge >= 0.3 is 10.1 Å². The average Bonchev–Trinajstić information content (AvgIpc) is 2.72. The maximum Gasteiger partial charge on any atom is 0.339 e. The van der Waals surface area contributed by atoms with Gasteiger partial charge in [0.1, 0.15) is 4.90 Å². The third-order valence-electron chi connectivity index (χ3n) is 4.69. The summed E-state index contributed by atoms with van der Waals surface area (Å²) >= 11 is 0. The van der Waals surface area contributed by atoms with Crippen LogP contribution in [0.5, 0.6) is 5.75 Å². The zero-order chi connectivity index (χ0) is 21.7. The summed E-state index contributed by atoms with van der Waals surface area (Å²) in [7, 11) is -4.04. The molecule has 0 radical (unpaired) electrons. The minimum absolute atomic E-state index is 0.00267. The maximum absolute atomic E-state index is 12.7. The lowest BCUT2D eigenvalue weighted by atomic mass is 10.0. The molecule has 3 rings (SSSR count). The molecule has 3 aromatic carbocycles. The van der Waals surface area contributed by atoms with Gasteiger partial charge in [0.2, 0.25) is 0 Å². The minimum atomic E-state index is -4.04. The van der Waals surface area contributed by atoms with Gasteiger partial charge in [0, 0.05) is 0 Å². The third kappa shape index (κ3) is 5.24. The Morgan fingerprint density at radius 3 is 2.17 bits per heavy atom. The molecule has 0 atom stereocenters. The van der Waals surface area contributed by atoms with E-state index in [9.17, 15) is 13.2 Å². The minimum Gasteiger partial charge on any atom is -0.378 e. The van der Waals surface area contributed by atoms with Crippen molar-refractivity contribution in [3.8, 4) is 5.75 Å². The first-order valence-corrected chi connectivity index (χ1v) is 11.1. The van der Waals surface area contributed by atoms with Crippen LogP contribution in [0.2, 0.25) is 0 Å². The monoisotopic (exact) mass is 420 g/mol. The summed E-state index contributed by atoms with van der Waals surface area (Å²) in [6.07, 6.45) is 3.13. The van der Waals surface area contributed by atoms with Gasteiger partial charge in [-0.1, -0.05) is 74.0 Å². The van der Waals surface area contributed by atoms with Crippen LogP contribution in [0.1, 0.15) is 46.8 Å². The van der Waals surface area contributed by atoms with Crippen molar-refractivity contribution in [3.63, 3.8) is 0 Å². The number of ketones is 1. The largest absolute Gasteiger partial charge is 0.378 e. The molecule has 0 heterocycles. The van der Waals surface area contributed by atoms with Crippen LogP contribution in [0.4, 0.5) is 0 Å². The Balaban J connectivity index is 1.82. The molecule has 0 unspecified atom stereocenters. The van der Waals surface area contributed by atoms with Crippen LogP contribution in [0.3, 0.4) is 0 Å². The number of benzene rings is 3.